The van der Waals surface area contributed by atoms with Gasteiger partial charge in [0.2, 0.25) is 0 Å². The van der Waals surface area contributed by atoms with E-state index in [0.717, 1.165) is 6.07 Å². The summed E-state index contributed by atoms with van der Waals surface area (Å²) < 4.78 is 38.0. The maximum Gasteiger partial charge on any atom is 0.417 e. The molecule has 1 aromatic carbocycles. The van der Waals surface area contributed by atoms with Gasteiger partial charge in [0, 0.05) is 5.56 Å². The maximum atomic E-state index is 12.7. The summed E-state index contributed by atoms with van der Waals surface area (Å²) in [5.74, 6) is 0. The number of alkyl halides is 3. The van der Waals surface area contributed by atoms with Gasteiger partial charge in [-0.15, -0.1) is 10.2 Å². The third-order valence-corrected chi connectivity index (χ3v) is 2.73. The van der Waals surface area contributed by atoms with E-state index in [1.165, 1.54) is 24.3 Å². The molecule has 1 aromatic heterocycles. The first-order chi connectivity index (χ1) is 8.38. The Labute approximate surface area is 110 Å². The van der Waals surface area contributed by atoms with E-state index in [2.05, 4.69) is 10.2 Å². The van der Waals surface area contributed by atoms with Crippen LogP contribution in [0.15, 0.2) is 30.3 Å². The summed E-state index contributed by atoms with van der Waals surface area (Å²) in [4.78, 5) is 0. The van der Waals surface area contributed by atoms with Gasteiger partial charge in [0.1, 0.15) is 0 Å². The molecule has 0 unspecified atom stereocenters. The van der Waals surface area contributed by atoms with E-state index in [9.17, 15) is 13.2 Å². The van der Waals surface area contributed by atoms with Crippen molar-refractivity contribution < 1.29 is 13.2 Å². The van der Waals surface area contributed by atoms with E-state index in [-0.39, 0.29) is 15.7 Å². The molecule has 0 N–H and O–H groups in total. The molecule has 0 spiro atoms. The van der Waals surface area contributed by atoms with Crippen LogP contribution in [0, 0.1) is 0 Å². The fraction of sp³-hybridized carbons (Fsp3) is 0.0909. The zero-order chi connectivity index (χ0) is 13.3. The van der Waals surface area contributed by atoms with Gasteiger partial charge in [-0.2, -0.15) is 13.2 Å². The molecule has 7 heteroatoms. The zero-order valence-corrected chi connectivity index (χ0v) is 10.2. The van der Waals surface area contributed by atoms with Crippen LogP contribution < -0.4 is 0 Å². The van der Waals surface area contributed by atoms with Crippen molar-refractivity contribution in [3.05, 3.63) is 46.1 Å². The SMILES string of the molecule is FC(F)(F)c1cc(-c2ccc(Cl)nn2)ccc1Cl. The summed E-state index contributed by atoms with van der Waals surface area (Å²) in [5, 5.41) is 7.10. The lowest BCUT2D eigenvalue weighted by Crippen LogP contribution is -2.06. The highest BCUT2D eigenvalue weighted by molar-refractivity contribution is 6.31. The lowest BCUT2D eigenvalue weighted by molar-refractivity contribution is -0.137. The number of benzene rings is 1. The van der Waals surface area contributed by atoms with Crippen LogP contribution in [-0.2, 0) is 6.18 Å². The molecule has 0 fully saturated rings. The van der Waals surface area contributed by atoms with Crippen molar-refractivity contribution in [3.8, 4) is 11.3 Å². The van der Waals surface area contributed by atoms with Crippen LogP contribution in [0.3, 0.4) is 0 Å². The lowest BCUT2D eigenvalue weighted by atomic mass is 10.1. The molecule has 0 saturated carbocycles. The number of hydrogen-bond donors (Lipinski definition) is 0. The number of hydrogen-bond acceptors (Lipinski definition) is 2. The van der Waals surface area contributed by atoms with Gasteiger partial charge in [-0.3, -0.25) is 0 Å². The highest BCUT2D eigenvalue weighted by Crippen LogP contribution is 2.36. The Morgan fingerprint density at radius 3 is 2.22 bits per heavy atom. The van der Waals surface area contributed by atoms with Crippen molar-refractivity contribution in [3.63, 3.8) is 0 Å². The standard InChI is InChI=1S/C11H5Cl2F3N2/c12-8-2-1-6(5-7(8)11(14,15)16)9-3-4-10(13)18-17-9/h1-5H. The molecule has 2 aromatic rings. The molecule has 2 rings (SSSR count). The number of halogens is 5. The second-order valence-corrected chi connectivity index (χ2v) is 4.23. The molecule has 0 radical (unpaired) electrons. The number of rotatable bonds is 1. The molecule has 0 amide bonds. The Bertz CT molecular complexity index is 567. The predicted octanol–water partition coefficient (Wildman–Crippen LogP) is 4.47. The van der Waals surface area contributed by atoms with Gasteiger partial charge in [-0.25, -0.2) is 0 Å². The van der Waals surface area contributed by atoms with Crippen molar-refractivity contribution >= 4 is 23.2 Å². The van der Waals surface area contributed by atoms with Crippen molar-refractivity contribution in [2.75, 3.05) is 0 Å². The molecule has 0 saturated heterocycles. The zero-order valence-electron chi connectivity index (χ0n) is 8.67. The van der Waals surface area contributed by atoms with E-state index >= 15 is 0 Å². The monoisotopic (exact) mass is 292 g/mol. The number of nitrogens with zero attached hydrogens (tertiary/aromatic N) is 2. The van der Waals surface area contributed by atoms with Crippen molar-refractivity contribution in [1.29, 1.82) is 0 Å². The first-order valence-corrected chi connectivity index (χ1v) is 5.50. The Morgan fingerprint density at radius 2 is 1.67 bits per heavy atom. The largest absolute Gasteiger partial charge is 0.417 e. The fourth-order valence-corrected chi connectivity index (χ4v) is 1.70. The second-order valence-electron chi connectivity index (χ2n) is 3.43. The van der Waals surface area contributed by atoms with Gasteiger partial charge in [0.15, 0.2) is 5.15 Å². The normalized spacial score (nSPS) is 11.6. The van der Waals surface area contributed by atoms with Crippen LogP contribution >= 0.6 is 23.2 Å². The Morgan fingerprint density at radius 1 is 0.944 bits per heavy atom. The van der Waals surface area contributed by atoms with Crippen molar-refractivity contribution in [2.24, 2.45) is 0 Å². The Kier molecular flexibility index (Phi) is 3.45. The van der Waals surface area contributed by atoms with E-state index in [1.54, 1.807) is 0 Å². The summed E-state index contributed by atoms with van der Waals surface area (Å²) in [6.45, 7) is 0. The van der Waals surface area contributed by atoms with Crippen LogP contribution in [-0.4, -0.2) is 10.2 Å². The van der Waals surface area contributed by atoms with Crippen LogP contribution in [0.1, 0.15) is 5.56 Å². The van der Waals surface area contributed by atoms with Gasteiger partial charge in [0.25, 0.3) is 0 Å². The van der Waals surface area contributed by atoms with Gasteiger partial charge < -0.3 is 0 Å². The van der Waals surface area contributed by atoms with Crippen molar-refractivity contribution in [1.82, 2.24) is 10.2 Å². The molecule has 0 bridgehead atoms. The summed E-state index contributed by atoms with van der Waals surface area (Å²) in [5.41, 5.74) is -0.337. The van der Waals surface area contributed by atoms with E-state index in [4.69, 9.17) is 23.2 Å². The summed E-state index contributed by atoms with van der Waals surface area (Å²) in [7, 11) is 0. The maximum absolute atomic E-state index is 12.7. The molecular weight excluding hydrogens is 288 g/mol. The third-order valence-electron chi connectivity index (χ3n) is 2.20. The van der Waals surface area contributed by atoms with E-state index in [1.807, 2.05) is 0 Å². The number of aromatic nitrogens is 2. The summed E-state index contributed by atoms with van der Waals surface area (Å²) in [6.07, 6.45) is -4.51. The van der Waals surface area contributed by atoms with Crippen LogP contribution in [0.5, 0.6) is 0 Å². The van der Waals surface area contributed by atoms with Gasteiger partial charge in [-0.05, 0) is 24.3 Å². The Balaban J connectivity index is 2.50. The molecule has 0 aliphatic heterocycles. The lowest BCUT2D eigenvalue weighted by Gasteiger charge is -2.10. The molecular formula is C11H5Cl2F3N2. The van der Waals surface area contributed by atoms with Crippen molar-refractivity contribution in [2.45, 2.75) is 6.18 Å². The topological polar surface area (TPSA) is 25.8 Å². The average Bonchev–Trinajstić information content (AvgIpc) is 2.29. The first kappa shape index (κ1) is 13.1. The van der Waals surface area contributed by atoms with Gasteiger partial charge >= 0.3 is 6.18 Å². The molecule has 0 aliphatic rings. The minimum Gasteiger partial charge on any atom is -0.166 e. The van der Waals surface area contributed by atoms with E-state index in [0.29, 0.717) is 5.69 Å². The molecule has 2 nitrogen and oxygen atoms in total. The quantitative estimate of drug-likeness (QED) is 0.775. The molecule has 18 heavy (non-hydrogen) atoms. The molecule has 1 heterocycles. The highest BCUT2D eigenvalue weighted by atomic mass is 35.5. The summed E-state index contributed by atoms with van der Waals surface area (Å²) >= 11 is 11.1. The smallest absolute Gasteiger partial charge is 0.166 e. The fourth-order valence-electron chi connectivity index (χ4n) is 1.37. The third kappa shape index (κ3) is 2.73. The predicted molar refractivity (Wildman–Crippen MR) is 62.5 cm³/mol. The first-order valence-electron chi connectivity index (χ1n) is 4.74. The molecule has 0 atom stereocenters. The molecule has 0 aliphatic carbocycles. The minimum atomic E-state index is -4.51. The van der Waals surface area contributed by atoms with Gasteiger partial charge in [0.05, 0.1) is 16.3 Å². The van der Waals surface area contributed by atoms with Crippen LogP contribution in [0.25, 0.3) is 11.3 Å². The summed E-state index contributed by atoms with van der Waals surface area (Å²) in [6, 6.07) is 6.48. The minimum absolute atomic E-state index is 0.170. The highest BCUT2D eigenvalue weighted by Gasteiger charge is 2.33. The van der Waals surface area contributed by atoms with Crippen LogP contribution in [0.4, 0.5) is 13.2 Å². The second kappa shape index (κ2) is 4.74. The Hall–Kier alpha value is -1.33. The molecule has 94 valence electrons. The average molecular weight is 293 g/mol. The van der Waals surface area contributed by atoms with E-state index < -0.39 is 11.7 Å². The van der Waals surface area contributed by atoms with Gasteiger partial charge in [-0.1, -0.05) is 29.3 Å². The van der Waals surface area contributed by atoms with Crippen LogP contribution in [0.2, 0.25) is 10.2 Å².